The topological polar surface area (TPSA) is 104 Å². The van der Waals surface area contributed by atoms with E-state index in [0.29, 0.717) is 27.9 Å². The molecule has 3 N–H and O–H groups in total. The Kier molecular flexibility index (Phi) is 5.66. The van der Waals surface area contributed by atoms with Crippen LogP contribution < -0.4 is 5.43 Å². The fourth-order valence-corrected chi connectivity index (χ4v) is 3.58. The number of carboxylic acids is 1. The van der Waals surface area contributed by atoms with Gasteiger partial charge in [-0.3, -0.25) is 9.36 Å². The molecule has 0 aliphatic rings. The normalized spacial score (nSPS) is 11.5. The number of rotatable bonds is 5. The molecule has 0 atom stereocenters. The van der Waals surface area contributed by atoms with E-state index in [1.54, 1.807) is 13.0 Å². The van der Waals surface area contributed by atoms with Crippen LogP contribution in [0.5, 0.6) is 5.88 Å². The monoisotopic (exact) mass is 445 g/mol. The van der Waals surface area contributed by atoms with Crippen molar-refractivity contribution in [1.82, 2.24) is 9.99 Å². The van der Waals surface area contributed by atoms with Crippen molar-refractivity contribution in [3.05, 3.63) is 94.8 Å². The van der Waals surface area contributed by atoms with Crippen molar-refractivity contribution in [2.75, 3.05) is 0 Å². The third-order valence-corrected chi connectivity index (χ3v) is 5.28. The molecule has 0 spiro atoms. The second kappa shape index (κ2) is 8.58. The van der Waals surface area contributed by atoms with E-state index < -0.39 is 17.7 Å². The number of carbonyl (C=O) groups is 2. The number of hydrogen-bond donors (Lipinski definition) is 3. The second-order valence-corrected chi connectivity index (χ2v) is 7.55. The van der Waals surface area contributed by atoms with E-state index in [9.17, 15) is 19.1 Å². The molecule has 0 aliphatic heterocycles. The zero-order chi connectivity index (χ0) is 23.7. The van der Waals surface area contributed by atoms with Crippen molar-refractivity contribution in [2.45, 2.75) is 13.8 Å². The van der Waals surface area contributed by atoms with Gasteiger partial charge in [-0.15, -0.1) is 0 Å². The fourth-order valence-electron chi connectivity index (χ4n) is 3.58. The number of fused-ring (bicyclic) bond motifs is 1. The summed E-state index contributed by atoms with van der Waals surface area (Å²) in [4.78, 5) is 23.4. The molecule has 0 saturated heterocycles. The van der Waals surface area contributed by atoms with Gasteiger partial charge in [0.15, 0.2) is 0 Å². The molecule has 0 radical (unpaired) electrons. The van der Waals surface area contributed by atoms with Crippen LogP contribution in [-0.2, 0) is 0 Å². The summed E-state index contributed by atoms with van der Waals surface area (Å²) in [5.74, 6) is -2.22. The zero-order valence-corrected chi connectivity index (χ0v) is 17.8. The molecule has 8 heteroatoms. The Hall–Kier alpha value is -4.46. The highest BCUT2D eigenvalue weighted by Crippen LogP contribution is 2.35. The fraction of sp³-hybridized carbons (Fsp3) is 0.0800. The zero-order valence-electron chi connectivity index (χ0n) is 17.8. The number of aryl methyl sites for hydroxylation is 1. The van der Waals surface area contributed by atoms with Crippen LogP contribution in [0.25, 0.3) is 16.6 Å². The maximum Gasteiger partial charge on any atom is 0.335 e. The van der Waals surface area contributed by atoms with Gasteiger partial charge in [0.2, 0.25) is 5.88 Å². The molecule has 0 fully saturated rings. The van der Waals surface area contributed by atoms with E-state index in [1.807, 2.05) is 31.2 Å². The molecule has 0 aliphatic carbocycles. The summed E-state index contributed by atoms with van der Waals surface area (Å²) in [5.41, 5.74) is 5.51. The van der Waals surface area contributed by atoms with E-state index in [0.717, 1.165) is 5.56 Å². The first kappa shape index (κ1) is 21.8. The maximum absolute atomic E-state index is 14.0. The van der Waals surface area contributed by atoms with Crippen molar-refractivity contribution in [1.29, 1.82) is 0 Å². The van der Waals surface area contributed by atoms with E-state index in [2.05, 4.69) is 10.5 Å². The minimum atomic E-state index is -1.09. The van der Waals surface area contributed by atoms with Crippen LogP contribution in [0.2, 0.25) is 0 Å². The van der Waals surface area contributed by atoms with Crippen LogP contribution in [-0.4, -0.2) is 32.4 Å². The summed E-state index contributed by atoms with van der Waals surface area (Å²) in [5, 5.41) is 24.7. The summed E-state index contributed by atoms with van der Waals surface area (Å²) >= 11 is 0. The number of aromatic nitrogens is 1. The van der Waals surface area contributed by atoms with Gasteiger partial charge in [-0.25, -0.2) is 14.6 Å². The number of carbonyl (C=O) groups excluding carboxylic acids is 1. The molecule has 1 amide bonds. The molecule has 0 bridgehead atoms. The summed E-state index contributed by atoms with van der Waals surface area (Å²) in [6.07, 6.45) is 0. The number of carboxylic acid groups (broad SMARTS) is 1. The number of nitrogens with zero attached hydrogens (tertiary/aromatic N) is 2. The lowest BCUT2D eigenvalue weighted by Crippen LogP contribution is -2.19. The van der Waals surface area contributed by atoms with E-state index in [4.69, 9.17) is 5.11 Å². The molecule has 166 valence electrons. The summed E-state index contributed by atoms with van der Waals surface area (Å²) < 4.78 is 15.6. The third kappa shape index (κ3) is 4.18. The molecular formula is C25H20FN3O4. The Balaban J connectivity index is 1.72. The van der Waals surface area contributed by atoms with E-state index in [-0.39, 0.29) is 17.0 Å². The van der Waals surface area contributed by atoms with Crippen LogP contribution in [0.1, 0.15) is 38.8 Å². The standard InChI is InChI=1S/C25H20FN3O4/c1-14-3-10-19(11-4-14)29-21-13-18(26)9-12-20(21)22(24(29)31)15(2)27-28-23(30)16-5-7-17(8-6-16)25(32)33/h3-13,31H,1-2H3,(H,28,30)(H,32,33). The number of amides is 1. The van der Waals surface area contributed by atoms with E-state index in [1.165, 1.54) is 41.0 Å². The molecule has 4 rings (SSSR count). The Morgan fingerprint density at radius 1 is 0.970 bits per heavy atom. The first-order chi connectivity index (χ1) is 15.8. The van der Waals surface area contributed by atoms with Crippen molar-refractivity contribution in [3.8, 4) is 11.6 Å². The van der Waals surface area contributed by atoms with Gasteiger partial charge in [0, 0.05) is 16.6 Å². The van der Waals surface area contributed by atoms with E-state index >= 15 is 0 Å². The lowest BCUT2D eigenvalue weighted by Gasteiger charge is -2.08. The van der Waals surface area contributed by atoms with Crippen molar-refractivity contribution in [3.63, 3.8) is 0 Å². The Morgan fingerprint density at radius 2 is 1.61 bits per heavy atom. The summed E-state index contributed by atoms with van der Waals surface area (Å²) in [6.45, 7) is 3.56. The molecule has 1 heterocycles. The van der Waals surface area contributed by atoms with Gasteiger partial charge in [-0.2, -0.15) is 5.10 Å². The first-order valence-corrected chi connectivity index (χ1v) is 10.0. The number of hydrazone groups is 1. The molecule has 4 aromatic rings. The number of aromatic carboxylic acids is 1. The molecule has 3 aromatic carbocycles. The van der Waals surface area contributed by atoms with Crippen LogP contribution >= 0.6 is 0 Å². The molecule has 1 aromatic heterocycles. The number of benzene rings is 3. The average Bonchev–Trinajstić information content (AvgIpc) is 3.08. The first-order valence-electron chi connectivity index (χ1n) is 10.0. The predicted molar refractivity (Wildman–Crippen MR) is 123 cm³/mol. The minimum Gasteiger partial charge on any atom is -0.494 e. The highest BCUT2D eigenvalue weighted by Gasteiger charge is 2.21. The van der Waals surface area contributed by atoms with Gasteiger partial charge in [-0.1, -0.05) is 17.7 Å². The van der Waals surface area contributed by atoms with Crippen molar-refractivity contribution >= 4 is 28.5 Å². The number of halogens is 1. The molecule has 33 heavy (non-hydrogen) atoms. The van der Waals surface area contributed by atoms with Gasteiger partial charge in [0.1, 0.15) is 5.82 Å². The largest absolute Gasteiger partial charge is 0.494 e. The van der Waals surface area contributed by atoms with Gasteiger partial charge in [0.05, 0.1) is 22.4 Å². The molecular weight excluding hydrogens is 425 g/mol. The smallest absolute Gasteiger partial charge is 0.335 e. The summed E-state index contributed by atoms with van der Waals surface area (Å²) in [7, 11) is 0. The Labute approximate surface area is 188 Å². The quantitative estimate of drug-likeness (QED) is 0.308. The van der Waals surface area contributed by atoms with Gasteiger partial charge >= 0.3 is 5.97 Å². The Morgan fingerprint density at radius 3 is 2.24 bits per heavy atom. The number of nitrogens with one attached hydrogen (secondary N) is 1. The van der Waals surface area contributed by atoms with Crippen LogP contribution in [0.3, 0.4) is 0 Å². The predicted octanol–water partition coefficient (Wildman–Crippen LogP) is 4.64. The lowest BCUT2D eigenvalue weighted by molar-refractivity contribution is 0.0696. The highest BCUT2D eigenvalue weighted by atomic mass is 19.1. The second-order valence-electron chi connectivity index (χ2n) is 7.55. The van der Waals surface area contributed by atoms with Crippen LogP contribution in [0.15, 0.2) is 71.8 Å². The number of hydrogen-bond acceptors (Lipinski definition) is 4. The summed E-state index contributed by atoms with van der Waals surface area (Å²) in [6, 6.07) is 17.0. The lowest BCUT2D eigenvalue weighted by atomic mass is 10.1. The van der Waals surface area contributed by atoms with Gasteiger partial charge in [0.25, 0.3) is 5.91 Å². The van der Waals surface area contributed by atoms with Crippen molar-refractivity contribution < 1.29 is 24.2 Å². The minimum absolute atomic E-state index is 0.0623. The van der Waals surface area contributed by atoms with Crippen LogP contribution in [0, 0.1) is 12.7 Å². The third-order valence-electron chi connectivity index (χ3n) is 5.28. The van der Waals surface area contributed by atoms with Gasteiger partial charge < -0.3 is 10.2 Å². The molecule has 0 saturated carbocycles. The van der Waals surface area contributed by atoms with Crippen molar-refractivity contribution in [2.24, 2.45) is 5.10 Å². The maximum atomic E-state index is 14.0. The molecule has 7 nitrogen and oxygen atoms in total. The Bertz CT molecular complexity index is 1400. The average molecular weight is 445 g/mol. The van der Waals surface area contributed by atoms with Gasteiger partial charge in [-0.05, 0) is 68.4 Å². The molecule has 0 unspecified atom stereocenters. The highest BCUT2D eigenvalue weighted by molar-refractivity contribution is 6.13. The van der Waals surface area contributed by atoms with Crippen LogP contribution in [0.4, 0.5) is 4.39 Å². The number of aromatic hydroxyl groups is 1. The SMILES string of the molecule is CC(=NNC(=O)c1ccc(C(=O)O)cc1)c1c(O)n(-c2ccc(C)cc2)c2cc(F)ccc12.